The van der Waals surface area contributed by atoms with Crippen molar-refractivity contribution >= 4 is 33.7 Å². The minimum Gasteiger partial charge on any atom is -0.438 e. The van der Waals surface area contributed by atoms with Crippen LogP contribution in [0.5, 0.6) is 11.6 Å². The summed E-state index contributed by atoms with van der Waals surface area (Å²) in [5.74, 6) is 1.18. The molecule has 7 nitrogen and oxygen atoms in total. The van der Waals surface area contributed by atoms with Crippen LogP contribution in [0.1, 0.15) is 17.8 Å². The first-order valence-electron chi connectivity index (χ1n) is 9.71. The number of halogens is 1. The highest BCUT2D eigenvalue weighted by atomic mass is 79.9. The van der Waals surface area contributed by atoms with E-state index >= 15 is 0 Å². The average Bonchev–Trinajstić information content (AvgIpc) is 3.27. The predicted molar refractivity (Wildman–Crippen MR) is 132 cm³/mol. The monoisotopic (exact) mass is 501 g/mol. The van der Waals surface area contributed by atoms with E-state index in [2.05, 4.69) is 31.0 Å². The number of aldehydes is 1. The molecule has 33 heavy (non-hydrogen) atoms. The standard InChI is InChI=1S/C24H16BrN5O2.CH4/c25-21-22(26)30-23(29-24(21)32-18-9-6-15(14-31)7-10-18)19(13-28-30)17-8-11-20(27-12-17)16-4-2-1-3-5-16;/h1-14H,26H2;1H4. The lowest BCUT2D eigenvalue weighted by molar-refractivity contribution is 0.112. The summed E-state index contributed by atoms with van der Waals surface area (Å²) in [4.78, 5) is 20.1. The minimum absolute atomic E-state index is 0. The summed E-state index contributed by atoms with van der Waals surface area (Å²) < 4.78 is 7.96. The van der Waals surface area contributed by atoms with Crippen LogP contribution in [-0.2, 0) is 0 Å². The molecule has 0 fully saturated rings. The number of carbonyl (C=O) groups is 1. The van der Waals surface area contributed by atoms with E-state index in [9.17, 15) is 4.79 Å². The highest BCUT2D eigenvalue weighted by Gasteiger charge is 2.18. The zero-order valence-electron chi connectivity index (χ0n) is 16.6. The second-order valence-electron chi connectivity index (χ2n) is 7.00. The van der Waals surface area contributed by atoms with Gasteiger partial charge in [-0.15, -0.1) is 0 Å². The Hall–Kier alpha value is -4.04. The Bertz CT molecular complexity index is 1420. The van der Waals surface area contributed by atoms with Crippen LogP contribution in [0.2, 0.25) is 0 Å². The molecule has 0 aliphatic heterocycles. The number of nitrogens with two attached hydrogens (primary N) is 1. The number of fused-ring (bicyclic) bond motifs is 1. The van der Waals surface area contributed by atoms with Crippen molar-refractivity contribution in [1.29, 1.82) is 0 Å². The van der Waals surface area contributed by atoms with Crippen LogP contribution >= 0.6 is 15.9 Å². The molecule has 0 radical (unpaired) electrons. The minimum atomic E-state index is 0. The van der Waals surface area contributed by atoms with Crippen LogP contribution < -0.4 is 10.5 Å². The molecule has 2 N–H and O–H groups in total. The number of nitrogens with zero attached hydrogens (tertiary/aromatic N) is 4. The van der Waals surface area contributed by atoms with Gasteiger partial charge in [0.1, 0.15) is 22.3 Å². The summed E-state index contributed by atoms with van der Waals surface area (Å²) in [7, 11) is 0. The number of anilines is 1. The highest BCUT2D eigenvalue weighted by molar-refractivity contribution is 9.10. The SMILES string of the molecule is C.Nc1c(Br)c(Oc2ccc(C=O)cc2)nc2c(-c3ccc(-c4ccccc4)nc3)cnn12. The summed E-state index contributed by atoms with van der Waals surface area (Å²) >= 11 is 3.45. The summed E-state index contributed by atoms with van der Waals surface area (Å²) in [6.45, 7) is 0. The van der Waals surface area contributed by atoms with Gasteiger partial charge in [0.25, 0.3) is 0 Å². The molecule has 0 amide bonds. The molecule has 3 aromatic heterocycles. The molecule has 5 aromatic rings. The molecule has 0 saturated carbocycles. The van der Waals surface area contributed by atoms with Crippen molar-refractivity contribution in [2.45, 2.75) is 7.43 Å². The lowest BCUT2D eigenvalue weighted by atomic mass is 10.1. The van der Waals surface area contributed by atoms with Gasteiger partial charge in [-0.3, -0.25) is 9.78 Å². The van der Waals surface area contributed by atoms with Crippen LogP contribution in [-0.4, -0.2) is 25.9 Å². The third-order valence-electron chi connectivity index (χ3n) is 4.97. The van der Waals surface area contributed by atoms with E-state index in [4.69, 9.17) is 10.5 Å². The van der Waals surface area contributed by atoms with E-state index < -0.39 is 0 Å². The molecule has 2 aromatic carbocycles. The van der Waals surface area contributed by atoms with Crippen LogP contribution in [0.3, 0.4) is 0 Å². The topological polar surface area (TPSA) is 95.4 Å². The first kappa shape index (κ1) is 22.2. The highest BCUT2D eigenvalue weighted by Crippen LogP contribution is 2.35. The van der Waals surface area contributed by atoms with Crippen LogP contribution in [0.4, 0.5) is 5.82 Å². The molecule has 0 unspecified atom stereocenters. The number of pyridine rings is 1. The predicted octanol–water partition coefficient (Wildman–Crippen LogP) is 6.04. The quantitative estimate of drug-likeness (QED) is 0.294. The van der Waals surface area contributed by atoms with E-state index in [1.165, 1.54) is 0 Å². The molecule has 5 rings (SSSR count). The van der Waals surface area contributed by atoms with Gasteiger partial charge in [0.05, 0.1) is 11.9 Å². The Balaban J connectivity index is 0.00000259. The van der Waals surface area contributed by atoms with Crippen LogP contribution in [0, 0.1) is 0 Å². The maximum Gasteiger partial charge on any atom is 0.239 e. The number of ether oxygens (including phenoxy) is 1. The molecule has 164 valence electrons. The van der Waals surface area contributed by atoms with Gasteiger partial charge in [-0.05, 0) is 46.3 Å². The van der Waals surface area contributed by atoms with Gasteiger partial charge in [-0.1, -0.05) is 43.8 Å². The Morgan fingerprint density at radius 2 is 1.70 bits per heavy atom. The van der Waals surface area contributed by atoms with Gasteiger partial charge in [0.2, 0.25) is 5.88 Å². The van der Waals surface area contributed by atoms with Gasteiger partial charge in [0, 0.05) is 28.5 Å². The van der Waals surface area contributed by atoms with Gasteiger partial charge in [-0.2, -0.15) is 14.6 Å². The molecule has 3 heterocycles. The molecule has 0 spiro atoms. The molecule has 0 aliphatic carbocycles. The van der Waals surface area contributed by atoms with Crippen molar-refractivity contribution in [3.05, 3.63) is 89.2 Å². The fraction of sp³-hybridized carbons (Fsp3) is 0.0400. The number of hydrogen-bond acceptors (Lipinski definition) is 6. The average molecular weight is 502 g/mol. The van der Waals surface area contributed by atoms with Crippen molar-refractivity contribution in [1.82, 2.24) is 19.6 Å². The molecule has 0 bridgehead atoms. The fourth-order valence-corrected chi connectivity index (χ4v) is 3.64. The van der Waals surface area contributed by atoms with E-state index in [0.29, 0.717) is 33.1 Å². The number of hydrogen-bond donors (Lipinski definition) is 1. The summed E-state index contributed by atoms with van der Waals surface area (Å²) in [6.07, 6.45) is 4.27. The van der Waals surface area contributed by atoms with Gasteiger partial charge in [0.15, 0.2) is 5.65 Å². The molecule has 8 heteroatoms. The lowest BCUT2D eigenvalue weighted by Crippen LogP contribution is -2.04. The maximum atomic E-state index is 10.9. The molecule has 0 atom stereocenters. The van der Waals surface area contributed by atoms with Crippen molar-refractivity contribution in [2.75, 3.05) is 5.73 Å². The van der Waals surface area contributed by atoms with Crippen LogP contribution in [0.25, 0.3) is 28.0 Å². The Morgan fingerprint density at radius 3 is 2.36 bits per heavy atom. The second kappa shape index (κ2) is 9.22. The number of carbonyl (C=O) groups excluding carboxylic acids is 1. The molecular weight excluding hydrogens is 482 g/mol. The van der Waals surface area contributed by atoms with Gasteiger partial charge < -0.3 is 10.5 Å². The third kappa shape index (κ3) is 4.20. The molecule has 0 aliphatic rings. The van der Waals surface area contributed by atoms with Crippen molar-refractivity contribution in [2.24, 2.45) is 0 Å². The van der Waals surface area contributed by atoms with Gasteiger partial charge in [-0.25, -0.2) is 0 Å². The molecule has 0 saturated heterocycles. The number of benzene rings is 2. The first-order chi connectivity index (χ1) is 15.6. The third-order valence-corrected chi connectivity index (χ3v) is 5.71. The van der Waals surface area contributed by atoms with Crippen molar-refractivity contribution in [3.8, 4) is 34.0 Å². The van der Waals surface area contributed by atoms with E-state index in [1.807, 2.05) is 42.5 Å². The Labute approximate surface area is 199 Å². The lowest BCUT2D eigenvalue weighted by Gasteiger charge is -2.10. The maximum absolute atomic E-state index is 10.9. The largest absolute Gasteiger partial charge is 0.438 e. The van der Waals surface area contributed by atoms with E-state index in [1.54, 1.807) is 41.2 Å². The Kier molecular flexibility index (Phi) is 6.19. The number of aromatic nitrogens is 4. The first-order valence-corrected chi connectivity index (χ1v) is 10.5. The van der Waals surface area contributed by atoms with Crippen molar-refractivity contribution in [3.63, 3.8) is 0 Å². The summed E-state index contributed by atoms with van der Waals surface area (Å²) in [6, 6.07) is 20.6. The van der Waals surface area contributed by atoms with Crippen molar-refractivity contribution < 1.29 is 9.53 Å². The smallest absolute Gasteiger partial charge is 0.239 e. The number of rotatable bonds is 5. The zero-order chi connectivity index (χ0) is 22.1. The zero-order valence-corrected chi connectivity index (χ0v) is 18.2. The van der Waals surface area contributed by atoms with E-state index in [-0.39, 0.29) is 7.43 Å². The fourth-order valence-electron chi connectivity index (χ4n) is 3.30. The van der Waals surface area contributed by atoms with E-state index in [0.717, 1.165) is 28.7 Å². The molecular formula is C25H20BrN5O2. The summed E-state index contributed by atoms with van der Waals surface area (Å²) in [5.41, 5.74) is 10.9. The normalized spacial score (nSPS) is 10.6. The second-order valence-corrected chi connectivity index (χ2v) is 7.79. The Morgan fingerprint density at radius 1 is 0.939 bits per heavy atom. The van der Waals surface area contributed by atoms with Gasteiger partial charge >= 0.3 is 0 Å². The number of nitrogen functional groups attached to an aromatic ring is 1. The van der Waals surface area contributed by atoms with Crippen LogP contribution in [0.15, 0.2) is 83.6 Å². The summed E-state index contributed by atoms with van der Waals surface area (Å²) in [5, 5.41) is 4.38.